The predicted octanol–water partition coefficient (Wildman–Crippen LogP) is 5.73. The van der Waals surface area contributed by atoms with E-state index in [1.165, 1.54) is 19.2 Å². The van der Waals surface area contributed by atoms with Crippen LogP contribution in [-0.2, 0) is 25.7 Å². The fraction of sp³-hybridized carbons (Fsp3) is 0.364. The maximum atomic E-state index is 14.0. The topological polar surface area (TPSA) is 124 Å². The van der Waals surface area contributed by atoms with Gasteiger partial charge in [-0.1, -0.05) is 12.1 Å². The summed E-state index contributed by atoms with van der Waals surface area (Å²) in [6, 6.07) is 13.4. The van der Waals surface area contributed by atoms with Crippen LogP contribution >= 0.6 is 0 Å². The Balaban J connectivity index is 1.66. The van der Waals surface area contributed by atoms with Crippen LogP contribution in [0.1, 0.15) is 44.7 Å². The van der Waals surface area contributed by atoms with Gasteiger partial charge in [0.15, 0.2) is 0 Å². The van der Waals surface area contributed by atoms with Crippen molar-refractivity contribution < 1.29 is 42.8 Å². The van der Waals surface area contributed by atoms with Gasteiger partial charge in [-0.25, -0.2) is 4.39 Å². The Bertz CT molecular complexity index is 1570. The number of aliphatic carboxylic acids is 1. The second-order valence-corrected chi connectivity index (χ2v) is 11.2. The molecule has 234 valence electrons. The number of likely N-dealkylation sites (N-methyl/N-ethyl adjacent to an activating group) is 1. The zero-order chi connectivity index (χ0) is 32.2. The van der Waals surface area contributed by atoms with Gasteiger partial charge in [-0.3, -0.25) is 14.4 Å². The van der Waals surface area contributed by atoms with E-state index in [4.69, 9.17) is 24.1 Å². The number of ether oxygens (including phenoxy) is 4. The number of aryl methyl sites for hydroxylation is 1. The summed E-state index contributed by atoms with van der Waals surface area (Å²) in [5, 5.41) is 12.1. The second kappa shape index (κ2) is 13.2. The highest BCUT2D eigenvalue weighted by molar-refractivity contribution is 6.08. The van der Waals surface area contributed by atoms with Gasteiger partial charge in [-0.15, -0.1) is 0 Å². The zero-order valence-electron chi connectivity index (χ0n) is 25.7. The highest BCUT2D eigenvalue weighted by atomic mass is 19.1. The van der Waals surface area contributed by atoms with Crippen LogP contribution in [0.15, 0.2) is 48.5 Å². The van der Waals surface area contributed by atoms with Crippen molar-refractivity contribution in [1.29, 1.82) is 0 Å². The minimum Gasteiger partial charge on any atom is -0.496 e. The predicted molar refractivity (Wildman–Crippen MR) is 163 cm³/mol. The first kappa shape index (κ1) is 32.1. The van der Waals surface area contributed by atoms with E-state index in [2.05, 4.69) is 5.32 Å². The molecule has 11 heteroatoms. The van der Waals surface area contributed by atoms with E-state index in [-0.39, 0.29) is 32.0 Å². The second-order valence-electron chi connectivity index (χ2n) is 11.2. The monoisotopic (exact) mass is 608 g/mol. The van der Waals surface area contributed by atoms with E-state index >= 15 is 0 Å². The van der Waals surface area contributed by atoms with E-state index in [1.54, 1.807) is 37.1 Å². The van der Waals surface area contributed by atoms with Gasteiger partial charge in [0.1, 0.15) is 47.9 Å². The third-order valence-corrected chi connectivity index (χ3v) is 7.25. The van der Waals surface area contributed by atoms with E-state index in [9.17, 15) is 18.8 Å². The standard InChI is InChI=1S/C33H37FN2O8/c1-19-7-8-21(34)15-27(19)43-18-25-23(11-12-26-31(25)36(5)32(40)33(3,4)35-26)24-10-9-22(16-28(24)41-6)42-17-20(2)44-30(39)14-13-29(37)38/h7-12,15-16,20,35H,13-14,17-18H2,1-6H3,(H,37,38)/t20-/m0/s1. The van der Waals surface area contributed by atoms with Crippen molar-refractivity contribution in [3.8, 4) is 28.4 Å². The molecule has 0 fully saturated rings. The molecule has 4 rings (SSSR count). The average molecular weight is 609 g/mol. The normalized spacial score (nSPS) is 14.2. The first-order valence-corrected chi connectivity index (χ1v) is 14.1. The lowest BCUT2D eigenvalue weighted by atomic mass is 9.91. The molecule has 1 aliphatic rings. The number of amides is 1. The summed E-state index contributed by atoms with van der Waals surface area (Å²) in [4.78, 5) is 37.4. The third-order valence-electron chi connectivity index (χ3n) is 7.25. The fourth-order valence-corrected chi connectivity index (χ4v) is 5.03. The summed E-state index contributed by atoms with van der Waals surface area (Å²) in [7, 11) is 3.24. The smallest absolute Gasteiger partial charge is 0.306 e. The molecule has 1 amide bonds. The van der Waals surface area contributed by atoms with Crippen LogP contribution in [-0.4, -0.2) is 55.4 Å². The van der Waals surface area contributed by atoms with E-state index in [0.717, 1.165) is 16.8 Å². The third kappa shape index (κ3) is 7.21. The molecular formula is C33H37FN2O8. The highest BCUT2D eigenvalue weighted by Crippen LogP contribution is 2.45. The number of benzene rings is 3. The van der Waals surface area contributed by atoms with E-state index < -0.39 is 29.4 Å². The quantitative estimate of drug-likeness (QED) is 0.248. The van der Waals surface area contributed by atoms with Gasteiger partial charge >= 0.3 is 11.9 Å². The molecule has 1 atom stereocenters. The van der Waals surface area contributed by atoms with Crippen LogP contribution < -0.4 is 24.4 Å². The molecule has 2 N–H and O–H groups in total. The molecule has 0 radical (unpaired) electrons. The number of hydrogen-bond donors (Lipinski definition) is 2. The molecule has 44 heavy (non-hydrogen) atoms. The average Bonchev–Trinajstić information content (AvgIpc) is 2.97. The number of hydrogen-bond acceptors (Lipinski definition) is 8. The molecule has 0 saturated heterocycles. The lowest BCUT2D eigenvalue weighted by molar-refractivity contribution is -0.152. The van der Waals surface area contributed by atoms with Crippen LogP contribution in [0.4, 0.5) is 15.8 Å². The summed E-state index contributed by atoms with van der Waals surface area (Å²) >= 11 is 0. The number of rotatable bonds is 12. The number of carboxylic acid groups (broad SMARTS) is 1. The summed E-state index contributed by atoms with van der Waals surface area (Å²) in [5.41, 5.74) is 3.47. The van der Waals surface area contributed by atoms with Gasteiger partial charge in [-0.2, -0.15) is 0 Å². The summed E-state index contributed by atoms with van der Waals surface area (Å²) in [5.74, 6) is -0.907. The van der Waals surface area contributed by atoms with Crippen LogP contribution in [0, 0.1) is 12.7 Å². The Morgan fingerprint density at radius 3 is 2.45 bits per heavy atom. The van der Waals surface area contributed by atoms with Crippen molar-refractivity contribution in [2.75, 3.05) is 31.0 Å². The lowest BCUT2D eigenvalue weighted by Gasteiger charge is -2.39. The number of esters is 1. The number of carbonyl (C=O) groups excluding carboxylic acids is 2. The van der Waals surface area contributed by atoms with Gasteiger partial charge in [-0.05, 0) is 63.1 Å². The van der Waals surface area contributed by atoms with Gasteiger partial charge < -0.3 is 34.3 Å². The molecule has 0 aliphatic carbocycles. The Kier molecular flexibility index (Phi) is 9.66. The molecule has 1 aliphatic heterocycles. The molecular weight excluding hydrogens is 571 g/mol. The number of nitrogens with one attached hydrogen (secondary N) is 1. The lowest BCUT2D eigenvalue weighted by Crippen LogP contribution is -2.52. The number of nitrogens with zero attached hydrogens (tertiary/aromatic N) is 1. The maximum Gasteiger partial charge on any atom is 0.306 e. The summed E-state index contributed by atoms with van der Waals surface area (Å²) < 4.78 is 37.0. The minimum absolute atomic E-state index is 0.0364. The molecule has 3 aromatic rings. The van der Waals surface area contributed by atoms with Gasteiger partial charge in [0.2, 0.25) is 0 Å². The largest absolute Gasteiger partial charge is 0.496 e. The zero-order valence-corrected chi connectivity index (χ0v) is 25.7. The first-order valence-electron chi connectivity index (χ1n) is 14.1. The number of methoxy groups -OCH3 is 1. The first-order chi connectivity index (χ1) is 20.8. The Labute approximate surface area is 255 Å². The number of carbonyl (C=O) groups is 3. The van der Waals surface area contributed by atoms with Crippen molar-refractivity contribution in [2.24, 2.45) is 0 Å². The molecule has 3 aromatic carbocycles. The van der Waals surface area contributed by atoms with Crippen LogP contribution in [0.5, 0.6) is 17.2 Å². The number of fused-ring (bicyclic) bond motifs is 1. The Morgan fingerprint density at radius 2 is 1.75 bits per heavy atom. The van der Waals surface area contributed by atoms with Gasteiger partial charge in [0, 0.05) is 30.3 Å². The van der Waals surface area contributed by atoms with Crippen molar-refractivity contribution in [3.05, 3.63) is 65.5 Å². The fourth-order valence-electron chi connectivity index (χ4n) is 5.03. The minimum atomic E-state index is -1.07. The Hall–Kier alpha value is -4.80. The van der Waals surface area contributed by atoms with Crippen molar-refractivity contribution >= 4 is 29.2 Å². The van der Waals surface area contributed by atoms with E-state index in [0.29, 0.717) is 34.1 Å². The maximum absolute atomic E-state index is 14.0. The number of carboxylic acids is 1. The van der Waals surface area contributed by atoms with Crippen LogP contribution in [0.2, 0.25) is 0 Å². The van der Waals surface area contributed by atoms with Crippen LogP contribution in [0.3, 0.4) is 0 Å². The van der Waals surface area contributed by atoms with E-state index in [1.807, 2.05) is 39.0 Å². The molecule has 0 bridgehead atoms. The molecule has 10 nitrogen and oxygen atoms in total. The molecule has 1 heterocycles. The molecule has 0 aromatic heterocycles. The van der Waals surface area contributed by atoms with Gasteiger partial charge in [0.05, 0.1) is 31.3 Å². The molecule has 0 unspecified atom stereocenters. The summed E-state index contributed by atoms with van der Waals surface area (Å²) in [6.07, 6.45) is -1.13. The van der Waals surface area contributed by atoms with Crippen molar-refractivity contribution in [1.82, 2.24) is 0 Å². The SMILES string of the molecule is COc1cc(OC[C@H](C)OC(=O)CCC(=O)O)ccc1-c1ccc2c(c1COc1cc(F)ccc1C)N(C)C(=O)C(C)(C)N2. The molecule has 0 spiro atoms. The van der Waals surface area contributed by atoms with Crippen molar-refractivity contribution in [3.63, 3.8) is 0 Å². The summed E-state index contributed by atoms with van der Waals surface area (Å²) in [6.45, 7) is 7.19. The molecule has 0 saturated carbocycles. The van der Waals surface area contributed by atoms with Gasteiger partial charge in [0.25, 0.3) is 5.91 Å². The highest BCUT2D eigenvalue weighted by Gasteiger charge is 2.38. The number of halogens is 1. The Morgan fingerprint density at radius 1 is 1.02 bits per heavy atom. The van der Waals surface area contributed by atoms with Crippen LogP contribution in [0.25, 0.3) is 11.1 Å². The van der Waals surface area contributed by atoms with Crippen molar-refractivity contribution in [2.45, 2.75) is 58.8 Å². The number of anilines is 2.